The number of pyridine rings is 1. The zero-order valence-electron chi connectivity index (χ0n) is 40.0. The van der Waals surface area contributed by atoms with Gasteiger partial charge >= 0.3 is 352 Å². The van der Waals surface area contributed by atoms with E-state index in [2.05, 4.69) is 262 Å². The van der Waals surface area contributed by atoms with Crippen molar-refractivity contribution in [2.45, 2.75) is 52.4 Å². The first kappa shape index (κ1) is 42.6. The molecule has 8 heteroatoms. The average Bonchev–Trinajstić information content (AvgIpc) is 3.88. The molecule has 0 fully saturated rings. The van der Waals surface area contributed by atoms with E-state index < -0.39 is 0 Å². The first-order valence-corrected chi connectivity index (χ1v) is 25.3. The van der Waals surface area contributed by atoms with Crippen molar-refractivity contribution in [2.75, 3.05) is 9.62 Å². The Labute approximate surface area is 420 Å². The molecule has 0 radical (unpaired) electrons. The van der Waals surface area contributed by atoms with Crippen LogP contribution in [0.5, 0.6) is 11.6 Å². The van der Waals surface area contributed by atoms with Gasteiger partial charge in [-0.1, -0.05) is 42.5 Å². The summed E-state index contributed by atoms with van der Waals surface area (Å²) < 4.78 is 12.7. The molecule has 0 spiro atoms. The number of fused-ring (bicyclic) bond motifs is 10. The number of imidazole rings is 1. The minimum absolute atomic E-state index is 0.0387. The molecule has 13 rings (SSSR count). The second-order valence-corrected chi connectivity index (χ2v) is 21.8. The molecule has 8 aromatic carbocycles. The summed E-state index contributed by atoms with van der Waals surface area (Å²) in [6, 6.07) is 70.5. The number of hydrogen-bond donors (Lipinski definition) is 0. The maximum atomic E-state index is 6.85. The van der Waals surface area contributed by atoms with Gasteiger partial charge in [0.05, 0.1) is 0 Å². The van der Waals surface area contributed by atoms with Gasteiger partial charge in [0, 0.05) is 11.3 Å². The van der Waals surface area contributed by atoms with Crippen LogP contribution >= 0.6 is 0 Å². The van der Waals surface area contributed by atoms with Gasteiger partial charge in [-0.15, -0.1) is 0 Å². The van der Waals surface area contributed by atoms with E-state index in [1.54, 1.807) is 0 Å². The summed E-state index contributed by atoms with van der Waals surface area (Å²) in [4.78, 5) is 10.3. The minimum atomic E-state index is -0.0864. The molecule has 0 amide bonds. The molecule has 0 saturated heterocycles. The molecule has 0 N–H and O–H groups in total. The van der Waals surface area contributed by atoms with Crippen molar-refractivity contribution in [2.24, 2.45) is 0 Å². The number of rotatable bonds is 6. The zero-order chi connectivity index (χ0) is 47.6. The monoisotopic (exact) mass is 1090 g/mol. The van der Waals surface area contributed by atoms with Crippen LogP contribution in [0.4, 0.5) is 22.9 Å². The molecule has 2 aromatic heterocycles. The van der Waals surface area contributed by atoms with Crippen molar-refractivity contribution >= 4 is 46.4 Å². The van der Waals surface area contributed by atoms with E-state index in [9.17, 15) is 0 Å². The molecule has 10 aromatic rings. The Bertz CT molecular complexity index is 3820. The number of para-hydroxylation sites is 5. The summed E-state index contributed by atoms with van der Waals surface area (Å²) in [6.45, 7) is 13.7. The van der Waals surface area contributed by atoms with Crippen molar-refractivity contribution in [3.05, 3.63) is 209 Å². The molecule has 3 aliphatic rings. The first-order chi connectivity index (χ1) is 33.9. The van der Waals surface area contributed by atoms with Crippen molar-refractivity contribution < 1.29 is 24.1 Å². The van der Waals surface area contributed by atoms with E-state index in [4.69, 9.17) is 9.72 Å². The second-order valence-electron chi connectivity index (χ2n) is 20.8. The Morgan fingerprint density at radius 2 is 1.03 bits per heavy atom. The van der Waals surface area contributed by atoms with Gasteiger partial charge in [-0.2, -0.15) is 0 Å². The van der Waals surface area contributed by atoms with Crippen LogP contribution < -0.4 is 19.8 Å². The fourth-order valence-electron chi connectivity index (χ4n) is 11.0. The maximum absolute atomic E-state index is 6.85. The summed E-state index contributed by atoms with van der Waals surface area (Å²) in [6.07, 6.45) is 0. The predicted octanol–water partition coefficient (Wildman–Crippen LogP) is 15.3. The van der Waals surface area contributed by atoms with Crippen molar-refractivity contribution in [1.82, 2.24) is 14.1 Å². The summed E-state index contributed by atoms with van der Waals surface area (Å²) in [5, 5.41) is 0. The molecular weight excluding hydrogens is 1040 g/mol. The van der Waals surface area contributed by atoms with E-state index in [0.717, 1.165) is 43.3 Å². The van der Waals surface area contributed by atoms with Crippen LogP contribution in [-0.4, -0.2) is 21.1 Å². The van der Waals surface area contributed by atoms with Crippen molar-refractivity contribution in [3.8, 4) is 67.5 Å². The van der Waals surface area contributed by atoms with Gasteiger partial charge < -0.3 is 0 Å². The van der Waals surface area contributed by atoms with E-state index >= 15 is 0 Å². The van der Waals surface area contributed by atoms with Gasteiger partial charge in [-0.05, 0) is 17.7 Å². The number of hydrogen-bond acceptors (Lipinski definition) is 4. The molecule has 3 aliphatic heterocycles. The fourth-order valence-corrected chi connectivity index (χ4v) is 12.1. The van der Waals surface area contributed by atoms with E-state index in [0.29, 0.717) is 11.6 Å². The Morgan fingerprint density at radius 1 is 0.457 bits per heavy atom. The SMILES string of the molecule is CC(C)(C)c1ccc(-c2cc(C(C)(C)C)cc(-c3ccccc3)c2-n2[c](=[Pt])n(-c3cccc(Oc4ccc5c(n4)N4B6c7c(cccc7-5)-c5ccccc5N6c5ccccc54)c3)c3ccccc32)cc1. The number of aromatic nitrogens is 3. The van der Waals surface area contributed by atoms with E-state index in [-0.39, 0.29) is 17.8 Å². The zero-order valence-corrected chi connectivity index (χ0v) is 42.3. The van der Waals surface area contributed by atoms with E-state index in [1.165, 1.54) is 66.9 Å². The van der Waals surface area contributed by atoms with Gasteiger partial charge in [0.25, 0.3) is 0 Å². The van der Waals surface area contributed by atoms with Gasteiger partial charge in [-0.25, -0.2) is 0 Å². The molecule has 6 nitrogen and oxygen atoms in total. The van der Waals surface area contributed by atoms with Crippen LogP contribution in [0.1, 0.15) is 52.7 Å². The van der Waals surface area contributed by atoms with Gasteiger partial charge in [0.2, 0.25) is 0 Å². The van der Waals surface area contributed by atoms with Crippen LogP contribution in [0.25, 0.3) is 66.9 Å². The number of ether oxygens (including phenoxy) is 1. The molecule has 342 valence electrons. The molecular formula is C62H50BN5OPt. The average molecular weight is 1090 g/mol. The molecule has 0 aliphatic carbocycles. The quantitative estimate of drug-likeness (QED) is 0.156. The van der Waals surface area contributed by atoms with Gasteiger partial charge in [0.15, 0.2) is 0 Å². The Kier molecular flexibility index (Phi) is 9.61. The second kappa shape index (κ2) is 15.8. The third-order valence-electron chi connectivity index (χ3n) is 14.4. The summed E-state index contributed by atoms with van der Waals surface area (Å²) in [7, 11) is 0. The first-order valence-electron chi connectivity index (χ1n) is 24.1. The van der Waals surface area contributed by atoms with E-state index in [1.807, 2.05) is 12.1 Å². The van der Waals surface area contributed by atoms with Crippen molar-refractivity contribution in [1.29, 1.82) is 0 Å². The normalized spacial score (nSPS) is 13.3. The standard InChI is InChI=1S/C62H50BN5O.Pt/c1-61(2,3)42-32-30-41(31-33-42)51-37-43(62(4,5)6)36-50(40-18-8-7-9-19-40)59(51)66-39-65(53-26-12-13-27-54(53)66)44-20-16-21-45(38-44)69-57-35-34-49-48-24-17-23-47-46-22-10-11-25-52(46)67-55-28-14-15-29-56(55)68(60(49)64-57)63(67)58(47)48;/h7-38H,1-6H3;. The fraction of sp³-hybridized carbons (Fsp3) is 0.129. The summed E-state index contributed by atoms with van der Waals surface area (Å²) >= 11 is 2.54. The summed E-state index contributed by atoms with van der Waals surface area (Å²) in [5.41, 5.74) is 21.3. The van der Waals surface area contributed by atoms with Crippen LogP contribution in [0.2, 0.25) is 0 Å². The number of benzene rings is 8. The van der Waals surface area contributed by atoms with Crippen LogP contribution in [-0.2, 0) is 30.2 Å². The molecule has 0 atom stereocenters. The van der Waals surface area contributed by atoms with Crippen LogP contribution in [0, 0.1) is 3.80 Å². The molecule has 0 bridgehead atoms. The predicted molar refractivity (Wildman–Crippen MR) is 285 cm³/mol. The molecule has 0 saturated carbocycles. The molecule has 5 heterocycles. The van der Waals surface area contributed by atoms with Crippen molar-refractivity contribution in [3.63, 3.8) is 0 Å². The summed E-state index contributed by atoms with van der Waals surface area (Å²) in [5.74, 6) is 2.14. The Hall–Kier alpha value is -7.47. The topological polar surface area (TPSA) is 38.5 Å². The van der Waals surface area contributed by atoms with Crippen LogP contribution in [0.3, 0.4) is 0 Å². The molecule has 0 unspecified atom stereocenters. The van der Waals surface area contributed by atoms with Crippen LogP contribution in [0.15, 0.2) is 194 Å². The van der Waals surface area contributed by atoms with Gasteiger partial charge in [0.1, 0.15) is 0 Å². The third kappa shape index (κ3) is 6.58. The van der Waals surface area contributed by atoms with Gasteiger partial charge in [-0.3, -0.25) is 0 Å². The number of anilines is 4. The molecule has 70 heavy (non-hydrogen) atoms. The third-order valence-corrected chi connectivity index (χ3v) is 15.4. The Balaban J connectivity index is 0.951. The number of nitrogens with zero attached hydrogens (tertiary/aromatic N) is 5. The Morgan fingerprint density at radius 3 is 1.73 bits per heavy atom.